The first-order valence-corrected chi connectivity index (χ1v) is 19.2. The number of fused-ring (bicyclic) bond motifs is 6. The van der Waals surface area contributed by atoms with Crippen LogP contribution in [0.3, 0.4) is 0 Å². The fourth-order valence-corrected chi connectivity index (χ4v) is 12.1. The highest BCUT2D eigenvalue weighted by Crippen LogP contribution is 2.65. The van der Waals surface area contributed by atoms with E-state index in [2.05, 4.69) is 197 Å². The van der Waals surface area contributed by atoms with Crippen LogP contribution in [0.2, 0.25) is 0 Å². The molecule has 0 amide bonds. The SMILES string of the molecule is c1ccc(N2c3cc4ccccc4c4c3P3c5c(cc6ccccc6c52)N(c2ccccc2)c2c3c(cc3ccccc23)N4c2ccccc2)cc1. The van der Waals surface area contributed by atoms with E-state index in [1.165, 1.54) is 99.4 Å². The molecule has 3 heterocycles. The second kappa shape index (κ2) is 10.6. The first-order chi connectivity index (χ1) is 25.8. The number of rotatable bonds is 3. The first-order valence-electron chi connectivity index (χ1n) is 17.9. The van der Waals surface area contributed by atoms with Crippen molar-refractivity contribution < 1.29 is 0 Å². The van der Waals surface area contributed by atoms with Crippen molar-refractivity contribution >= 4 is 107 Å². The largest absolute Gasteiger partial charge is 0.308 e. The van der Waals surface area contributed by atoms with Gasteiger partial charge in [0.15, 0.2) is 0 Å². The summed E-state index contributed by atoms with van der Waals surface area (Å²) in [4.78, 5) is 7.73. The number of anilines is 9. The number of hydrogen-bond donors (Lipinski definition) is 0. The molecule has 0 saturated heterocycles. The van der Waals surface area contributed by atoms with Gasteiger partial charge in [0, 0.05) is 57.1 Å². The lowest BCUT2D eigenvalue weighted by Crippen LogP contribution is -2.46. The quantitative estimate of drug-likeness (QED) is 0.172. The summed E-state index contributed by atoms with van der Waals surface area (Å²) < 4.78 is 0. The monoisotopic (exact) mass is 679 g/mol. The summed E-state index contributed by atoms with van der Waals surface area (Å²) in [6.45, 7) is 0. The number of benzene rings is 9. The molecular formula is C48H30N3P. The molecule has 0 fully saturated rings. The van der Waals surface area contributed by atoms with E-state index in [-0.39, 0.29) is 0 Å². The molecule has 0 N–H and O–H groups in total. The molecule has 9 aromatic carbocycles. The Hall–Kier alpha value is -6.41. The van der Waals surface area contributed by atoms with Gasteiger partial charge in [0.25, 0.3) is 0 Å². The highest BCUT2D eigenvalue weighted by Gasteiger charge is 2.49. The third kappa shape index (κ3) is 3.68. The summed E-state index contributed by atoms with van der Waals surface area (Å²) in [5, 5.41) is 11.8. The maximum absolute atomic E-state index is 2.58. The molecule has 0 spiro atoms. The first kappa shape index (κ1) is 28.3. The van der Waals surface area contributed by atoms with Gasteiger partial charge in [-0.3, -0.25) is 0 Å². The lowest BCUT2D eigenvalue weighted by atomic mass is 9.97. The van der Waals surface area contributed by atoms with E-state index in [0.29, 0.717) is 0 Å². The van der Waals surface area contributed by atoms with Crippen LogP contribution in [0.1, 0.15) is 0 Å². The standard InChI is InChI=1S/C48H30N3P/c1-4-19-34(20-5-1)49-40-28-31-16-11-14-26-38(31)44-46(40)52-47-41(29-32-17-10-13-25-37(32)43(47)49)50(35-21-6-2-7-22-35)45-39-27-15-12-18-33(39)30-42(48(45)52)51(44)36-23-8-3-9-24-36/h1-30H. The van der Waals surface area contributed by atoms with Crippen molar-refractivity contribution in [2.45, 2.75) is 0 Å². The zero-order valence-corrected chi connectivity index (χ0v) is 29.0. The van der Waals surface area contributed by atoms with Gasteiger partial charge in [-0.15, -0.1) is 0 Å². The Morgan fingerprint density at radius 2 is 0.558 bits per heavy atom. The fourth-order valence-electron chi connectivity index (χ4n) is 8.99. The average Bonchev–Trinajstić information content (AvgIpc) is 3.21. The normalized spacial score (nSPS) is 14.0. The van der Waals surface area contributed by atoms with Crippen LogP contribution in [0.15, 0.2) is 182 Å². The lowest BCUT2D eigenvalue weighted by molar-refractivity contribution is 1.25. The molecule has 12 rings (SSSR count). The highest BCUT2D eigenvalue weighted by atomic mass is 31.1. The summed E-state index contributed by atoms with van der Waals surface area (Å²) >= 11 is 0. The third-order valence-electron chi connectivity index (χ3n) is 11.0. The van der Waals surface area contributed by atoms with Crippen molar-refractivity contribution in [1.29, 1.82) is 0 Å². The Morgan fingerprint density at radius 1 is 0.288 bits per heavy atom. The minimum absolute atomic E-state index is 0.999. The summed E-state index contributed by atoms with van der Waals surface area (Å²) in [6.07, 6.45) is 0. The van der Waals surface area contributed by atoms with Gasteiger partial charge in [-0.25, -0.2) is 0 Å². The van der Waals surface area contributed by atoms with Crippen LogP contribution in [0.4, 0.5) is 51.2 Å². The Bertz CT molecular complexity index is 2600. The molecule has 0 radical (unpaired) electrons. The van der Waals surface area contributed by atoms with Gasteiger partial charge in [-0.05, 0) is 70.8 Å². The molecule has 0 atom stereocenters. The van der Waals surface area contributed by atoms with E-state index < -0.39 is 7.92 Å². The van der Waals surface area contributed by atoms with Crippen molar-refractivity contribution in [3.05, 3.63) is 182 Å². The zero-order valence-electron chi connectivity index (χ0n) is 28.1. The highest BCUT2D eigenvalue weighted by molar-refractivity contribution is 7.82. The zero-order chi connectivity index (χ0) is 33.9. The Kier molecular flexibility index (Phi) is 5.75. The van der Waals surface area contributed by atoms with Gasteiger partial charge in [-0.2, -0.15) is 0 Å². The molecule has 52 heavy (non-hydrogen) atoms. The molecule has 242 valence electrons. The van der Waals surface area contributed by atoms with E-state index in [1.807, 2.05) is 0 Å². The van der Waals surface area contributed by atoms with Crippen molar-refractivity contribution in [2.24, 2.45) is 0 Å². The molecule has 0 bridgehead atoms. The lowest BCUT2D eigenvalue weighted by Gasteiger charge is -2.51. The summed E-state index contributed by atoms with van der Waals surface area (Å²) in [7, 11) is -0.999. The van der Waals surface area contributed by atoms with Crippen molar-refractivity contribution in [1.82, 2.24) is 0 Å². The number of nitrogens with zero attached hydrogens (tertiary/aromatic N) is 3. The van der Waals surface area contributed by atoms with Crippen molar-refractivity contribution in [2.75, 3.05) is 14.7 Å². The fraction of sp³-hybridized carbons (Fsp3) is 0. The summed E-state index contributed by atoms with van der Waals surface area (Å²) in [6, 6.07) is 67.4. The molecule has 3 aliphatic rings. The smallest absolute Gasteiger partial charge is 0.0644 e. The van der Waals surface area contributed by atoms with Crippen LogP contribution in [0.25, 0.3) is 32.3 Å². The molecule has 0 saturated carbocycles. The van der Waals surface area contributed by atoms with Crippen molar-refractivity contribution in [3.8, 4) is 0 Å². The van der Waals surface area contributed by atoms with Crippen LogP contribution in [-0.4, -0.2) is 0 Å². The van der Waals surface area contributed by atoms with Gasteiger partial charge in [0.2, 0.25) is 0 Å². The predicted molar refractivity (Wildman–Crippen MR) is 222 cm³/mol. The van der Waals surface area contributed by atoms with Gasteiger partial charge in [0.05, 0.1) is 34.1 Å². The van der Waals surface area contributed by atoms with Gasteiger partial charge >= 0.3 is 0 Å². The van der Waals surface area contributed by atoms with E-state index in [9.17, 15) is 0 Å². The molecule has 9 aromatic rings. The molecule has 4 heteroatoms. The maximum atomic E-state index is 2.58. The maximum Gasteiger partial charge on any atom is 0.0644 e. The molecule has 0 aromatic heterocycles. The van der Waals surface area contributed by atoms with Crippen LogP contribution in [0.5, 0.6) is 0 Å². The number of hydrogen-bond acceptors (Lipinski definition) is 3. The average molecular weight is 680 g/mol. The molecule has 0 aliphatic carbocycles. The Labute approximate surface area is 303 Å². The van der Waals surface area contributed by atoms with Crippen LogP contribution in [0, 0.1) is 0 Å². The summed E-state index contributed by atoms with van der Waals surface area (Å²) in [5.74, 6) is 0. The van der Waals surface area contributed by atoms with Crippen molar-refractivity contribution in [3.63, 3.8) is 0 Å². The molecule has 0 unspecified atom stereocenters. The van der Waals surface area contributed by atoms with Gasteiger partial charge < -0.3 is 14.7 Å². The third-order valence-corrected chi connectivity index (χ3v) is 13.7. The van der Waals surface area contributed by atoms with E-state index >= 15 is 0 Å². The minimum atomic E-state index is -0.999. The Morgan fingerprint density at radius 3 is 0.865 bits per heavy atom. The van der Waals surface area contributed by atoms with E-state index in [4.69, 9.17) is 0 Å². The second-order valence-electron chi connectivity index (χ2n) is 13.8. The Balaban J connectivity index is 1.36. The number of para-hydroxylation sites is 3. The summed E-state index contributed by atoms with van der Waals surface area (Å²) in [5.41, 5.74) is 11.2. The van der Waals surface area contributed by atoms with E-state index in [1.54, 1.807) is 0 Å². The second-order valence-corrected chi connectivity index (χ2v) is 15.8. The van der Waals surface area contributed by atoms with Gasteiger partial charge in [0.1, 0.15) is 0 Å². The van der Waals surface area contributed by atoms with Crippen LogP contribution < -0.4 is 30.6 Å². The van der Waals surface area contributed by atoms with Crippen LogP contribution in [-0.2, 0) is 0 Å². The van der Waals surface area contributed by atoms with Crippen LogP contribution >= 0.6 is 7.92 Å². The molecular weight excluding hydrogens is 650 g/mol. The van der Waals surface area contributed by atoms with E-state index in [0.717, 1.165) is 0 Å². The van der Waals surface area contributed by atoms with Gasteiger partial charge in [-0.1, -0.05) is 127 Å². The topological polar surface area (TPSA) is 9.72 Å². The predicted octanol–water partition coefficient (Wildman–Crippen LogP) is 12.3. The minimum Gasteiger partial charge on any atom is -0.308 e. The molecule has 3 nitrogen and oxygen atoms in total. The molecule has 3 aliphatic heterocycles.